The van der Waals surface area contributed by atoms with Gasteiger partial charge in [0.2, 0.25) is 0 Å². The molecular weight excluding hydrogens is 391 g/mol. The van der Waals surface area contributed by atoms with Crippen LogP contribution in [0, 0.1) is 19.7 Å². The number of benzene rings is 3. The summed E-state index contributed by atoms with van der Waals surface area (Å²) in [6.45, 7) is 3.90. The maximum absolute atomic E-state index is 13.2. The second kappa shape index (κ2) is 9.34. The lowest BCUT2D eigenvalue weighted by Crippen LogP contribution is -2.20. The molecule has 0 fully saturated rings. The molecule has 0 aliphatic heterocycles. The molecule has 148 valence electrons. The first-order valence-corrected chi connectivity index (χ1v) is 9.37. The third-order valence-electron chi connectivity index (χ3n) is 4.28. The number of halogens is 2. The maximum atomic E-state index is 13.2. The predicted molar refractivity (Wildman–Crippen MR) is 115 cm³/mol. The van der Waals surface area contributed by atoms with Crippen LogP contribution in [-0.4, -0.2) is 18.7 Å². The van der Waals surface area contributed by atoms with Gasteiger partial charge in [-0.15, -0.1) is 0 Å². The largest absolute Gasteiger partial charge is 0.484 e. The summed E-state index contributed by atoms with van der Waals surface area (Å²) in [7, 11) is 0. The average Bonchev–Trinajstić information content (AvgIpc) is 2.70. The molecule has 3 aromatic carbocycles. The van der Waals surface area contributed by atoms with Gasteiger partial charge in [-0.1, -0.05) is 29.8 Å². The summed E-state index contributed by atoms with van der Waals surface area (Å²) in [6.07, 6.45) is 1.62. The van der Waals surface area contributed by atoms with Gasteiger partial charge < -0.3 is 10.1 Å². The zero-order valence-corrected chi connectivity index (χ0v) is 16.8. The van der Waals surface area contributed by atoms with Crippen molar-refractivity contribution in [3.05, 3.63) is 88.2 Å². The summed E-state index contributed by atoms with van der Waals surface area (Å²) in [5.41, 5.74) is 4.33. The number of aryl methyl sites for hydroxylation is 2. The molecule has 0 heterocycles. The van der Waals surface area contributed by atoms with Crippen LogP contribution < -0.4 is 10.1 Å². The molecule has 6 heteroatoms. The van der Waals surface area contributed by atoms with Gasteiger partial charge in [-0.2, -0.15) is 0 Å². The van der Waals surface area contributed by atoms with Crippen molar-refractivity contribution >= 4 is 35.1 Å². The molecule has 0 bridgehead atoms. The summed E-state index contributed by atoms with van der Waals surface area (Å²) < 4.78 is 18.8. The molecule has 0 aliphatic carbocycles. The van der Waals surface area contributed by atoms with Crippen molar-refractivity contribution < 1.29 is 13.9 Å². The van der Waals surface area contributed by atoms with E-state index in [-0.39, 0.29) is 17.5 Å². The highest BCUT2D eigenvalue weighted by atomic mass is 35.5. The number of hydrogen-bond donors (Lipinski definition) is 1. The maximum Gasteiger partial charge on any atom is 0.262 e. The van der Waals surface area contributed by atoms with Gasteiger partial charge >= 0.3 is 0 Å². The van der Waals surface area contributed by atoms with Crippen molar-refractivity contribution in [2.45, 2.75) is 13.8 Å². The number of nitrogens with one attached hydrogen (secondary N) is 1. The quantitative estimate of drug-likeness (QED) is 0.517. The molecule has 0 spiro atoms. The lowest BCUT2D eigenvalue weighted by molar-refractivity contribution is -0.118. The van der Waals surface area contributed by atoms with Crippen LogP contribution in [0.15, 0.2) is 65.7 Å². The van der Waals surface area contributed by atoms with Gasteiger partial charge in [0.15, 0.2) is 6.61 Å². The van der Waals surface area contributed by atoms with Gasteiger partial charge in [0.05, 0.1) is 10.7 Å². The average molecular weight is 411 g/mol. The Kier molecular flexibility index (Phi) is 6.62. The number of ether oxygens (including phenoxy) is 1. The number of anilines is 1. The van der Waals surface area contributed by atoms with Crippen molar-refractivity contribution in [2.75, 3.05) is 11.9 Å². The van der Waals surface area contributed by atoms with Crippen molar-refractivity contribution in [1.29, 1.82) is 0 Å². The molecule has 29 heavy (non-hydrogen) atoms. The minimum atomic E-state index is -0.486. The summed E-state index contributed by atoms with van der Waals surface area (Å²) in [4.78, 5) is 16.4. The van der Waals surface area contributed by atoms with Crippen molar-refractivity contribution in [3.8, 4) is 5.75 Å². The predicted octanol–water partition coefficient (Wildman–Crippen LogP) is 5.86. The van der Waals surface area contributed by atoms with E-state index in [4.69, 9.17) is 16.3 Å². The van der Waals surface area contributed by atoms with Crippen LogP contribution in [0.3, 0.4) is 0 Å². The number of rotatable bonds is 6. The van der Waals surface area contributed by atoms with Crippen LogP contribution in [0.5, 0.6) is 5.75 Å². The Bertz CT molecular complexity index is 1070. The zero-order chi connectivity index (χ0) is 20.8. The molecular formula is C23H20ClFN2O2. The molecule has 0 aromatic heterocycles. The third-order valence-corrected chi connectivity index (χ3v) is 4.57. The van der Waals surface area contributed by atoms with E-state index in [9.17, 15) is 9.18 Å². The first-order chi connectivity index (χ1) is 13.9. The Hall–Kier alpha value is -3.18. The van der Waals surface area contributed by atoms with E-state index < -0.39 is 5.82 Å². The number of carbonyl (C=O) groups is 1. The topological polar surface area (TPSA) is 50.7 Å². The Morgan fingerprint density at radius 3 is 2.69 bits per heavy atom. The fourth-order valence-corrected chi connectivity index (χ4v) is 2.74. The normalized spacial score (nSPS) is 10.9. The number of carbonyl (C=O) groups excluding carboxylic acids is 1. The molecule has 3 aromatic rings. The molecule has 1 N–H and O–H groups in total. The SMILES string of the molecule is Cc1ccc(NC(=O)COc2cccc(C=Nc3ccc(F)c(Cl)c3)c2)cc1C. The number of nitrogens with zero attached hydrogens (tertiary/aromatic N) is 1. The highest BCUT2D eigenvalue weighted by Crippen LogP contribution is 2.22. The highest BCUT2D eigenvalue weighted by Gasteiger charge is 2.05. The minimum Gasteiger partial charge on any atom is -0.484 e. The van der Waals surface area contributed by atoms with Gasteiger partial charge in [0, 0.05) is 11.9 Å². The van der Waals surface area contributed by atoms with E-state index in [0.29, 0.717) is 11.4 Å². The lowest BCUT2D eigenvalue weighted by atomic mass is 10.1. The first kappa shape index (κ1) is 20.6. The van der Waals surface area contributed by atoms with E-state index in [2.05, 4.69) is 10.3 Å². The summed E-state index contributed by atoms with van der Waals surface area (Å²) in [5, 5.41) is 2.84. The molecule has 0 saturated heterocycles. The highest BCUT2D eigenvalue weighted by molar-refractivity contribution is 6.31. The molecule has 0 atom stereocenters. The van der Waals surface area contributed by atoms with E-state index in [1.165, 1.54) is 23.8 Å². The monoisotopic (exact) mass is 410 g/mol. The Morgan fingerprint density at radius 1 is 1.10 bits per heavy atom. The van der Waals surface area contributed by atoms with Gasteiger partial charge in [-0.05, 0) is 73.0 Å². The molecule has 0 unspecified atom stereocenters. The Morgan fingerprint density at radius 2 is 1.93 bits per heavy atom. The van der Waals surface area contributed by atoms with Gasteiger partial charge in [0.25, 0.3) is 5.91 Å². The Balaban J connectivity index is 1.59. The van der Waals surface area contributed by atoms with Crippen LogP contribution in [0.4, 0.5) is 15.8 Å². The summed E-state index contributed by atoms with van der Waals surface area (Å²) in [5.74, 6) is -0.185. The first-order valence-electron chi connectivity index (χ1n) is 9.00. The van der Waals surface area contributed by atoms with Crippen molar-refractivity contribution in [3.63, 3.8) is 0 Å². The molecule has 0 saturated carbocycles. The van der Waals surface area contributed by atoms with Crippen LogP contribution in [0.1, 0.15) is 16.7 Å². The van der Waals surface area contributed by atoms with Crippen LogP contribution in [0.25, 0.3) is 0 Å². The van der Waals surface area contributed by atoms with E-state index in [1.54, 1.807) is 24.4 Å². The molecule has 0 aliphatic rings. The van der Waals surface area contributed by atoms with E-state index in [1.807, 2.05) is 38.1 Å². The van der Waals surface area contributed by atoms with Crippen LogP contribution in [0.2, 0.25) is 5.02 Å². The number of amides is 1. The second-order valence-electron chi connectivity index (χ2n) is 6.56. The van der Waals surface area contributed by atoms with Crippen LogP contribution in [-0.2, 0) is 4.79 Å². The molecule has 0 radical (unpaired) electrons. The molecule has 4 nitrogen and oxygen atoms in total. The van der Waals surface area contributed by atoms with Gasteiger partial charge in [0.1, 0.15) is 11.6 Å². The molecule has 3 rings (SSSR count). The molecule has 1 amide bonds. The lowest BCUT2D eigenvalue weighted by Gasteiger charge is -2.09. The fourth-order valence-electron chi connectivity index (χ4n) is 2.56. The Labute approximate surface area is 174 Å². The standard InChI is InChI=1S/C23H20ClFN2O2/c1-15-6-7-19(10-16(15)2)27-23(28)14-29-20-5-3-4-17(11-20)13-26-18-8-9-22(25)21(24)12-18/h3-13H,14H2,1-2H3,(H,27,28). The van der Waals surface area contributed by atoms with Crippen LogP contribution >= 0.6 is 11.6 Å². The minimum absolute atomic E-state index is 0.0199. The third kappa shape index (κ3) is 5.90. The fraction of sp³-hybridized carbons (Fsp3) is 0.130. The smallest absolute Gasteiger partial charge is 0.262 e. The summed E-state index contributed by atoms with van der Waals surface area (Å²) >= 11 is 5.76. The van der Waals surface area contributed by atoms with Crippen molar-refractivity contribution in [1.82, 2.24) is 0 Å². The van der Waals surface area contributed by atoms with Gasteiger partial charge in [-0.25, -0.2) is 4.39 Å². The van der Waals surface area contributed by atoms with Crippen molar-refractivity contribution in [2.24, 2.45) is 4.99 Å². The second-order valence-corrected chi connectivity index (χ2v) is 6.97. The zero-order valence-electron chi connectivity index (χ0n) is 16.1. The van der Waals surface area contributed by atoms with E-state index >= 15 is 0 Å². The number of aliphatic imine (C=N–C) groups is 1. The summed E-state index contributed by atoms with van der Waals surface area (Å²) in [6, 6.07) is 17.2. The van der Waals surface area contributed by atoms with Gasteiger partial charge in [-0.3, -0.25) is 9.79 Å². The van der Waals surface area contributed by atoms with E-state index in [0.717, 1.165) is 16.8 Å². The number of hydrogen-bond acceptors (Lipinski definition) is 3.